The summed E-state index contributed by atoms with van der Waals surface area (Å²) in [4.78, 5) is 11.4. The van der Waals surface area contributed by atoms with Crippen LogP contribution in [0.5, 0.6) is 5.75 Å². The molecule has 0 radical (unpaired) electrons. The molecule has 1 saturated heterocycles. The first-order valence-corrected chi connectivity index (χ1v) is 10.3. The van der Waals surface area contributed by atoms with E-state index < -0.39 is 15.6 Å². The fourth-order valence-electron chi connectivity index (χ4n) is 2.95. The predicted molar refractivity (Wildman–Crippen MR) is 99.0 cm³/mol. The topological polar surface area (TPSA) is 76.8 Å². The first-order chi connectivity index (χ1) is 12.3. The zero-order valence-corrected chi connectivity index (χ0v) is 15.9. The molecule has 2 heterocycles. The minimum Gasteiger partial charge on any atom is -0.490 e. The first kappa shape index (κ1) is 18.9. The zero-order chi connectivity index (χ0) is 18.7. The van der Waals surface area contributed by atoms with Gasteiger partial charge in [0.05, 0.1) is 11.8 Å². The largest absolute Gasteiger partial charge is 0.490 e. The molecular formula is C18H20ClNO5S. The van der Waals surface area contributed by atoms with Crippen molar-refractivity contribution in [1.82, 2.24) is 4.31 Å². The maximum absolute atomic E-state index is 12.6. The number of hydrogen-bond donors (Lipinski definition) is 0. The Kier molecular flexibility index (Phi) is 5.70. The fourth-order valence-corrected chi connectivity index (χ4v) is 4.64. The van der Waals surface area contributed by atoms with Crippen LogP contribution in [-0.2, 0) is 15.8 Å². The highest BCUT2D eigenvalue weighted by Gasteiger charge is 2.29. The van der Waals surface area contributed by atoms with E-state index in [-0.39, 0.29) is 11.9 Å². The fraction of sp³-hybridized carbons (Fsp3) is 0.389. The van der Waals surface area contributed by atoms with Gasteiger partial charge in [0, 0.05) is 24.2 Å². The van der Waals surface area contributed by atoms with E-state index in [1.54, 1.807) is 37.3 Å². The molecular weight excluding hydrogens is 378 g/mol. The average Bonchev–Trinajstić information content (AvgIpc) is 2.56. The minimum atomic E-state index is -3.39. The minimum absolute atomic E-state index is 0.0470. The lowest BCUT2D eigenvalue weighted by atomic mass is 10.1. The molecule has 0 atom stereocenters. The Morgan fingerprint density at radius 2 is 1.85 bits per heavy atom. The maximum atomic E-state index is 12.6. The van der Waals surface area contributed by atoms with Crippen molar-refractivity contribution in [1.29, 1.82) is 0 Å². The van der Waals surface area contributed by atoms with Crippen molar-refractivity contribution < 1.29 is 17.6 Å². The predicted octanol–water partition coefficient (Wildman–Crippen LogP) is 2.97. The molecule has 6 nitrogen and oxygen atoms in total. The lowest BCUT2D eigenvalue weighted by molar-refractivity contribution is 0.134. The van der Waals surface area contributed by atoms with E-state index in [9.17, 15) is 13.2 Å². The maximum Gasteiger partial charge on any atom is 0.339 e. The van der Waals surface area contributed by atoms with Gasteiger partial charge in [0.15, 0.2) is 0 Å². The third-order valence-electron chi connectivity index (χ3n) is 4.23. The summed E-state index contributed by atoms with van der Waals surface area (Å²) in [6, 6.07) is 9.77. The van der Waals surface area contributed by atoms with Crippen molar-refractivity contribution in [3.05, 3.63) is 63.2 Å². The Balaban J connectivity index is 1.58. The van der Waals surface area contributed by atoms with E-state index in [1.165, 1.54) is 10.4 Å². The highest BCUT2D eigenvalue weighted by atomic mass is 35.5. The number of ether oxygens (including phenoxy) is 1. The van der Waals surface area contributed by atoms with Crippen LogP contribution < -0.4 is 10.4 Å². The molecule has 0 N–H and O–H groups in total. The summed E-state index contributed by atoms with van der Waals surface area (Å²) < 4.78 is 37.4. The summed E-state index contributed by atoms with van der Waals surface area (Å²) in [7, 11) is -3.39. The third kappa shape index (κ3) is 4.87. The number of piperidine rings is 1. The van der Waals surface area contributed by atoms with Gasteiger partial charge in [0.25, 0.3) is 0 Å². The molecule has 0 amide bonds. The Morgan fingerprint density at radius 3 is 2.46 bits per heavy atom. The van der Waals surface area contributed by atoms with Gasteiger partial charge in [0.1, 0.15) is 17.6 Å². The first-order valence-electron chi connectivity index (χ1n) is 8.32. The van der Waals surface area contributed by atoms with Crippen LogP contribution >= 0.6 is 11.6 Å². The Labute approximate surface area is 157 Å². The molecule has 1 aliphatic rings. The standard InChI is InChI=1S/C18H20ClNO5S/c1-13-10-17(11-18(21)24-13)25-16-6-8-20(9-7-16)26(22,23)12-14-2-4-15(19)5-3-14/h2-5,10-11,16H,6-9,12H2,1H3. The number of hydrogen-bond acceptors (Lipinski definition) is 5. The Bertz CT molecular complexity index is 915. The normalized spacial score (nSPS) is 16.5. The van der Waals surface area contributed by atoms with Gasteiger partial charge < -0.3 is 9.15 Å². The average molecular weight is 398 g/mol. The molecule has 1 aromatic heterocycles. The monoisotopic (exact) mass is 397 g/mol. The SMILES string of the molecule is Cc1cc(OC2CCN(S(=O)(=O)Cc3ccc(Cl)cc3)CC2)cc(=O)o1. The second kappa shape index (κ2) is 7.82. The van der Waals surface area contributed by atoms with Crippen molar-refractivity contribution >= 4 is 21.6 Å². The highest BCUT2D eigenvalue weighted by Crippen LogP contribution is 2.22. The summed E-state index contributed by atoms with van der Waals surface area (Å²) in [5.74, 6) is 0.894. The van der Waals surface area contributed by atoms with Crippen LogP contribution in [0.15, 0.2) is 45.6 Å². The van der Waals surface area contributed by atoms with E-state index in [1.807, 2.05) is 0 Å². The molecule has 0 spiro atoms. The van der Waals surface area contributed by atoms with Crippen LogP contribution in [0.25, 0.3) is 0 Å². The number of sulfonamides is 1. The number of halogens is 1. The Morgan fingerprint density at radius 1 is 1.19 bits per heavy atom. The summed E-state index contributed by atoms with van der Waals surface area (Å²) in [5, 5.41) is 0.578. The van der Waals surface area contributed by atoms with Gasteiger partial charge in [-0.2, -0.15) is 0 Å². The van der Waals surface area contributed by atoms with Crippen molar-refractivity contribution in [3.8, 4) is 5.75 Å². The quantitative estimate of drug-likeness (QED) is 0.775. The molecule has 1 aromatic carbocycles. The summed E-state index contributed by atoms with van der Waals surface area (Å²) in [6.45, 7) is 2.46. The molecule has 1 fully saturated rings. The van der Waals surface area contributed by atoms with E-state index in [4.69, 9.17) is 20.8 Å². The van der Waals surface area contributed by atoms with Crippen molar-refractivity contribution in [2.75, 3.05) is 13.1 Å². The lowest BCUT2D eigenvalue weighted by Gasteiger charge is -2.31. The van der Waals surface area contributed by atoms with Crippen LogP contribution in [0.4, 0.5) is 0 Å². The number of nitrogens with zero attached hydrogens (tertiary/aromatic N) is 1. The van der Waals surface area contributed by atoms with Gasteiger partial charge >= 0.3 is 5.63 Å². The Hall–Kier alpha value is -1.83. The van der Waals surface area contributed by atoms with Crippen LogP contribution in [0, 0.1) is 6.92 Å². The molecule has 1 aliphatic heterocycles. The molecule has 8 heteroatoms. The molecule has 0 saturated carbocycles. The second-order valence-corrected chi connectivity index (χ2v) is 8.73. The van der Waals surface area contributed by atoms with Crippen molar-refractivity contribution in [3.63, 3.8) is 0 Å². The van der Waals surface area contributed by atoms with Crippen LogP contribution in [0.1, 0.15) is 24.2 Å². The molecule has 2 aromatic rings. The van der Waals surface area contributed by atoms with Crippen molar-refractivity contribution in [2.45, 2.75) is 31.6 Å². The van der Waals surface area contributed by atoms with Gasteiger partial charge in [-0.05, 0) is 37.5 Å². The summed E-state index contributed by atoms with van der Waals surface area (Å²) in [5.41, 5.74) is 0.252. The second-order valence-electron chi connectivity index (χ2n) is 6.32. The van der Waals surface area contributed by atoms with Crippen LogP contribution in [-0.4, -0.2) is 31.9 Å². The third-order valence-corrected chi connectivity index (χ3v) is 6.33. The molecule has 0 unspecified atom stereocenters. The summed E-state index contributed by atoms with van der Waals surface area (Å²) >= 11 is 5.83. The van der Waals surface area contributed by atoms with Gasteiger partial charge in [-0.3, -0.25) is 0 Å². The molecule has 0 aliphatic carbocycles. The van der Waals surface area contributed by atoms with Gasteiger partial charge in [-0.25, -0.2) is 17.5 Å². The van der Waals surface area contributed by atoms with E-state index >= 15 is 0 Å². The number of benzene rings is 1. The molecule has 26 heavy (non-hydrogen) atoms. The number of aryl methyl sites for hydroxylation is 1. The van der Waals surface area contributed by atoms with E-state index in [0.717, 1.165) is 0 Å². The smallest absolute Gasteiger partial charge is 0.339 e. The van der Waals surface area contributed by atoms with Gasteiger partial charge in [-0.1, -0.05) is 23.7 Å². The van der Waals surface area contributed by atoms with Crippen LogP contribution in [0.2, 0.25) is 5.02 Å². The highest BCUT2D eigenvalue weighted by molar-refractivity contribution is 7.88. The van der Waals surface area contributed by atoms with Crippen molar-refractivity contribution in [2.24, 2.45) is 0 Å². The van der Waals surface area contributed by atoms with Gasteiger partial charge in [0.2, 0.25) is 10.0 Å². The molecule has 140 valence electrons. The molecule has 3 rings (SSSR count). The zero-order valence-electron chi connectivity index (χ0n) is 14.4. The van der Waals surface area contributed by atoms with E-state index in [0.29, 0.717) is 48.0 Å². The van der Waals surface area contributed by atoms with E-state index in [2.05, 4.69) is 0 Å². The van der Waals surface area contributed by atoms with Gasteiger partial charge in [-0.15, -0.1) is 0 Å². The summed E-state index contributed by atoms with van der Waals surface area (Å²) in [6.07, 6.45) is 1.01. The number of rotatable bonds is 5. The lowest BCUT2D eigenvalue weighted by Crippen LogP contribution is -2.42. The van der Waals surface area contributed by atoms with Crippen LogP contribution in [0.3, 0.4) is 0 Å². The molecule has 0 bridgehead atoms.